The molecule has 0 radical (unpaired) electrons. The summed E-state index contributed by atoms with van der Waals surface area (Å²) in [6, 6.07) is 1.73. The normalized spacial score (nSPS) is 20.4. The van der Waals surface area contributed by atoms with Crippen LogP contribution >= 0.6 is 11.6 Å². The van der Waals surface area contributed by atoms with Crippen LogP contribution in [-0.2, 0) is 11.2 Å². The molecule has 15 heavy (non-hydrogen) atoms. The summed E-state index contributed by atoms with van der Waals surface area (Å²) in [5.74, 6) is -1.29. The van der Waals surface area contributed by atoms with Gasteiger partial charge in [0.15, 0.2) is 0 Å². The van der Waals surface area contributed by atoms with Crippen LogP contribution in [0.1, 0.15) is 5.56 Å². The molecule has 1 aromatic carbocycles. The Bertz CT molecular complexity index is 438. The third kappa shape index (κ3) is 1.49. The van der Waals surface area contributed by atoms with Crippen molar-refractivity contribution in [1.82, 2.24) is 0 Å². The number of halogens is 2. The molecule has 1 aliphatic rings. The Morgan fingerprint density at radius 2 is 2.27 bits per heavy atom. The van der Waals surface area contributed by atoms with Crippen LogP contribution in [0.4, 0.5) is 10.1 Å². The molecule has 0 unspecified atom stereocenters. The third-order valence-electron chi connectivity index (χ3n) is 2.35. The number of nitrogens with zero attached hydrogens (tertiary/aromatic N) is 1. The Morgan fingerprint density at radius 1 is 1.60 bits per heavy atom. The van der Waals surface area contributed by atoms with Crippen LogP contribution in [0.5, 0.6) is 0 Å². The second kappa shape index (κ2) is 3.44. The lowest BCUT2D eigenvalue weighted by atomic mass is 9.99. The monoisotopic (exact) mass is 230 g/mol. The average Bonchev–Trinajstić information content (AvgIpc) is 2.21. The largest absolute Gasteiger partial charge is 0.320 e. The van der Waals surface area contributed by atoms with Gasteiger partial charge in [0.25, 0.3) is 5.91 Å². The lowest BCUT2D eigenvalue weighted by molar-refractivity contribution is -0.125. The molecular weight excluding hydrogens is 223 g/mol. The van der Waals surface area contributed by atoms with E-state index >= 15 is 0 Å². The second-order valence-corrected chi connectivity index (χ2v) is 3.73. The van der Waals surface area contributed by atoms with E-state index in [2.05, 4.69) is 0 Å². The maximum Gasteiger partial charge on any atom is 0.267 e. The molecule has 0 fully saturated rings. The van der Waals surface area contributed by atoms with E-state index in [-0.39, 0.29) is 22.7 Å². The fourth-order valence-corrected chi connectivity index (χ4v) is 1.74. The molecule has 1 atom stereocenters. The van der Waals surface area contributed by atoms with Gasteiger partial charge < -0.3 is 5.73 Å². The number of anilines is 1. The second-order valence-electron chi connectivity index (χ2n) is 3.32. The van der Waals surface area contributed by atoms with Gasteiger partial charge in [0.1, 0.15) is 5.82 Å². The lowest BCUT2D eigenvalue weighted by Crippen LogP contribution is -2.47. The molecule has 0 saturated heterocycles. The van der Waals surface area contributed by atoms with Crippen LogP contribution in [0.3, 0.4) is 0 Å². The quantitative estimate of drug-likeness (QED) is 0.656. The number of carbonyl (C=O) groups excluding carboxylic acids is 1. The van der Waals surface area contributed by atoms with E-state index in [0.717, 1.165) is 0 Å². The van der Waals surface area contributed by atoms with Gasteiger partial charge in [-0.3, -0.25) is 10.0 Å². The Kier molecular flexibility index (Phi) is 2.38. The first-order valence-corrected chi connectivity index (χ1v) is 4.65. The summed E-state index contributed by atoms with van der Waals surface area (Å²) in [7, 11) is 0. The highest BCUT2D eigenvalue weighted by Crippen LogP contribution is 2.31. The van der Waals surface area contributed by atoms with Crippen LogP contribution in [-0.4, -0.2) is 17.2 Å². The van der Waals surface area contributed by atoms with Crippen LogP contribution < -0.4 is 10.8 Å². The first-order chi connectivity index (χ1) is 7.02. The highest BCUT2D eigenvalue weighted by Gasteiger charge is 2.32. The van der Waals surface area contributed by atoms with Crippen molar-refractivity contribution in [2.75, 3.05) is 5.06 Å². The van der Waals surface area contributed by atoms with Crippen LogP contribution in [0.2, 0.25) is 5.02 Å². The van der Waals surface area contributed by atoms with Crippen molar-refractivity contribution in [2.24, 2.45) is 5.73 Å². The van der Waals surface area contributed by atoms with Crippen molar-refractivity contribution in [3.05, 3.63) is 28.5 Å². The predicted molar refractivity (Wildman–Crippen MR) is 52.4 cm³/mol. The number of amides is 1. The van der Waals surface area contributed by atoms with Crippen LogP contribution in [0.15, 0.2) is 12.1 Å². The molecule has 0 bridgehead atoms. The summed E-state index contributed by atoms with van der Waals surface area (Å²) < 4.78 is 13.5. The van der Waals surface area contributed by atoms with Gasteiger partial charge in [-0.2, -0.15) is 5.06 Å². The number of hydrogen-bond acceptors (Lipinski definition) is 3. The van der Waals surface area contributed by atoms with E-state index in [9.17, 15) is 14.4 Å². The summed E-state index contributed by atoms with van der Waals surface area (Å²) in [5.41, 5.74) is 5.71. The van der Waals surface area contributed by atoms with Gasteiger partial charge in [0, 0.05) is 12.0 Å². The molecule has 1 heterocycles. The number of fused-ring (bicyclic) bond motifs is 1. The van der Waals surface area contributed by atoms with Crippen molar-refractivity contribution in [3.63, 3.8) is 0 Å². The molecule has 0 aliphatic carbocycles. The SMILES string of the molecule is N[C@H]1Cc2c(ccc(Cl)c2F)N(O)C1=O. The molecule has 4 nitrogen and oxygen atoms in total. The highest BCUT2D eigenvalue weighted by molar-refractivity contribution is 6.31. The molecule has 6 heteroatoms. The molecule has 1 aromatic rings. The molecule has 80 valence electrons. The Morgan fingerprint density at radius 3 is 2.93 bits per heavy atom. The average molecular weight is 231 g/mol. The predicted octanol–water partition coefficient (Wildman–Crippen LogP) is 1.08. The number of benzene rings is 1. The molecule has 3 N–H and O–H groups in total. The van der Waals surface area contributed by atoms with E-state index in [4.69, 9.17) is 17.3 Å². The van der Waals surface area contributed by atoms with Crippen LogP contribution in [0.25, 0.3) is 0 Å². The Balaban J connectivity index is 2.60. The number of hydrogen-bond donors (Lipinski definition) is 2. The first kappa shape index (κ1) is 10.4. The zero-order valence-corrected chi connectivity index (χ0v) is 8.33. The highest BCUT2D eigenvalue weighted by atomic mass is 35.5. The molecule has 1 aliphatic heterocycles. The topological polar surface area (TPSA) is 66.6 Å². The Hall–Kier alpha value is -1.17. The van der Waals surface area contributed by atoms with E-state index in [1.807, 2.05) is 0 Å². The minimum absolute atomic E-state index is 0.0393. The lowest BCUT2D eigenvalue weighted by Gasteiger charge is -2.27. The Labute approximate surface area is 90.0 Å². The van der Waals surface area contributed by atoms with Gasteiger partial charge in [-0.05, 0) is 12.1 Å². The smallest absolute Gasteiger partial charge is 0.267 e. The van der Waals surface area contributed by atoms with Crippen molar-refractivity contribution >= 4 is 23.2 Å². The van der Waals surface area contributed by atoms with Crippen molar-refractivity contribution in [1.29, 1.82) is 0 Å². The number of carbonyl (C=O) groups is 1. The third-order valence-corrected chi connectivity index (χ3v) is 2.64. The first-order valence-electron chi connectivity index (χ1n) is 4.27. The van der Waals surface area contributed by atoms with Crippen LogP contribution in [0, 0.1) is 5.82 Å². The zero-order valence-electron chi connectivity index (χ0n) is 7.58. The summed E-state index contributed by atoms with van der Waals surface area (Å²) >= 11 is 5.58. The molecule has 0 spiro atoms. The minimum Gasteiger partial charge on any atom is -0.320 e. The van der Waals surface area contributed by atoms with E-state index in [1.54, 1.807) is 0 Å². The van der Waals surface area contributed by atoms with Crippen molar-refractivity contribution in [2.45, 2.75) is 12.5 Å². The van der Waals surface area contributed by atoms with E-state index in [1.165, 1.54) is 12.1 Å². The van der Waals surface area contributed by atoms with Gasteiger partial charge in [-0.25, -0.2) is 4.39 Å². The van der Waals surface area contributed by atoms with Gasteiger partial charge in [0.05, 0.1) is 16.8 Å². The van der Waals surface area contributed by atoms with Gasteiger partial charge >= 0.3 is 0 Å². The van der Waals surface area contributed by atoms with Gasteiger partial charge in [-0.15, -0.1) is 0 Å². The standard InChI is InChI=1S/C9H8ClFN2O2/c10-5-1-2-7-4(8(5)11)3-6(12)9(14)13(7)15/h1-2,6,15H,3,12H2/t6-/m0/s1. The summed E-state index contributed by atoms with van der Waals surface area (Å²) in [6.45, 7) is 0. The maximum atomic E-state index is 13.5. The molecular formula is C9H8ClFN2O2. The minimum atomic E-state index is -0.935. The van der Waals surface area contributed by atoms with Crippen molar-refractivity contribution in [3.8, 4) is 0 Å². The maximum absolute atomic E-state index is 13.5. The summed E-state index contributed by atoms with van der Waals surface area (Å²) in [4.78, 5) is 11.3. The fourth-order valence-electron chi connectivity index (χ4n) is 1.56. The van der Waals surface area contributed by atoms with E-state index < -0.39 is 17.8 Å². The number of nitrogens with two attached hydrogens (primary N) is 1. The number of hydroxylamine groups is 1. The zero-order chi connectivity index (χ0) is 11.2. The van der Waals surface area contributed by atoms with E-state index in [0.29, 0.717) is 5.06 Å². The van der Waals surface area contributed by atoms with Gasteiger partial charge in [0.2, 0.25) is 0 Å². The summed E-state index contributed by atoms with van der Waals surface area (Å²) in [6.07, 6.45) is 0.0393. The van der Waals surface area contributed by atoms with Gasteiger partial charge in [-0.1, -0.05) is 11.6 Å². The molecule has 1 amide bonds. The fraction of sp³-hybridized carbons (Fsp3) is 0.222. The molecule has 0 aromatic heterocycles. The number of rotatable bonds is 0. The summed E-state index contributed by atoms with van der Waals surface area (Å²) in [5, 5.41) is 9.72. The molecule has 0 saturated carbocycles. The van der Waals surface area contributed by atoms with Crippen molar-refractivity contribution < 1.29 is 14.4 Å². The molecule has 2 rings (SSSR count).